The van der Waals surface area contributed by atoms with Gasteiger partial charge >= 0.3 is 5.97 Å². The molecule has 0 aliphatic heterocycles. The highest BCUT2D eigenvalue weighted by atomic mass is 32.2. The highest BCUT2D eigenvalue weighted by Crippen LogP contribution is 2.25. The molecule has 0 aliphatic carbocycles. The van der Waals surface area contributed by atoms with E-state index >= 15 is 0 Å². The van der Waals surface area contributed by atoms with Crippen molar-refractivity contribution in [3.63, 3.8) is 0 Å². The average Bonchev–Trinajstić information content (AvgIpc) is 3.13. The van der Waals surface area contributed by atoms with Crippen LogP contribution in [0.25, 0.3) is 10.6 Å². The second kappa shape index (κ2) is 8.04. The summed E-state index contributed by atoms with van der Waals surface area (Å²) in [4.78, 5) is 19.8. The van der Waals surface area contributed by atoms with Crippen molar-refractivity contribution in [2.24, 2.45) is 0 Å². The molecule has 25 heavy (non-hydrogen) atoms. The van der Waals surface area contributed by atoms with E-state index in [1.165, 1.54) is 17.5 Å². The number of hydrogen-bond donors (Lipinski definition) is 0. The Morgan fingerprint density at radius 1 is 1.24 bits per heavy atom. The molecule has 0 amide bonds. The first-order chi connectivity index (χ1) is 12.2. The summed E-state index contributed by atoms with van der Waals surface area (Å²) < 4.78 is 17.8. The number of hydrogen-bond acceptors (Lipinski definition) is 8. The molecule has 0 saturated carbocycles. The minimum absolute atomic E-state index is 0.199. The van der Waals surface area contributed by atoms with Gasteiger partial charge in [0.25, 0.3) is 0 Å². The second-order valence-electron chi connectivity index (χ2n) is 4.86. The van der Waals surface area contributed by atoms with Gasteiger partial charge in [0.15, 0.2) is 0 Å². The summed E-state index contributed by atoms with van der Waals surface area (Å²) in [6.07, 6.45) is 4.78. The van der Waals surface area contributed by atoms with Crippen molar-refractivity contribution in [1.82, 2.24) is 20.2 Å². The van der Waals surface area contributed by atoms with Crippen LogP contribution < -0.4 is 0 Å². The van der Waals surface area contributed by atoms with Crippen LogP contribution in [0.5, 0.6) is 0 Å². The Hall–Kier alpha value is -2.52. The van der Waals surface area contributed by atoms with E-state index in [1.807, 2.05) is 12.1 Å². The summed E-state index contributed by atoms with van der Waals surface area (Å²) in [6, 6.07) is 6.95. The Balaban J connectivity index is 1.68. The van der Waals surface area contributed by atoms with E-state index in [4.69, 9.17) is 4.74 Å². The summed E-state index contributed by atoms with van der Waals surface area (Å²) in [5.41, 5.74) is 1.80. The smallest absolute Gasteiger partial charge is 0.339 e. The average molecular weight is 374 g/mol. The predicted molar refractivity (Wildman–Crippen MR) is 93.4 cm³/mol. The normalized spacial score (nSPS) is 11.9. The van der Waals surface area contributed by atoms with Crippen molar-refractivity contribution in [3.8, 4) is 10.6 Å². The molecule has 0 bridgehead atoms. The Morgan fingerprint density at radius 2 is 2.12 bits per heavy atom. The van der Waals surface area contributed by atoms with Gasteiger partial charge in [0.1, 0.15) is 5.01 Å². The monoisotopic (exact) mass is 374 g/mol. The summed E-state index contributed by atoms with van der Waals surface area (Å²) in [7, 11) is -1.36. The number of carbonyl (C=O) groups is 1. The predicted octanol–water partition coefficient (Wildman–Crippen LogP) is 2.48. The van der Waals surface area contributed by atoms with E-state index in [-0.39, 0.29) is 5.75 Å². The van der Waals surface area contributed by atoms with Crippen LogP contribution in [0, 0.1) is 0 Å². The van der Waals surface area contributed by atoms with Crippen LogP contribution in [-0.2, 0) is 21.3 Å². The fourth-order valence-corrected chi connectivity index (χ4v) is 4.00. The zero-order valence-electron chi connectivity index (χ0n) is 13.3. The molecule has 1 atom stereocenters. The summed E-state index contributed by atoms with van der Waals surface area (Å²) in [5, 5.41) is 8.73. The Kier molecular flexibility index (Phi) is 5.56. The van der Waals surface area contributed by atoms with Gasteiger partial charge < -0.3 is 4.74 Å². The van der Waals surface area contributed by atoms with Crippen LogP contribution in [0.15, 0.2) is 47.2 Å². The molecular formula is C16H14N4O3S2. The van der Waals surface area contributed by atoms with Gasteiger partial charge in [-0.3, -0.25) is 14.2 Å². The molecule has 3 aromatic rings. The largest absolute Gasteiger partial charge is 0.462 e. The molecule has 0 radical (unpaired) electrons. The van der Waals surface area contributed by atoms with Crippen LogP contribution in [-0.4, -0.2) is 37.0 Å². The number of aromatic nitrogens is 4. The molecule has 0 aromatic carbocycles. The lowest BCUT2D eigenvalue weighted by Gasteiger charge is -2.02. The molecular weight excluding hydrogens is 360 g/mol. The van der Waals surface area contributed by atoms with E-state index in [1.54, 1.807) is 31.5 Å². The topological polar surface area (TPSA) is 94.9 Å². The van der Waals surface area contributed by atoms with E-state index in [2.05, 4.69) is 20.2 Å². The lowest BCUT2D eigenvalue weighted by molar-refractivity contribution is 0.0526. The van der Waals surface area contributed by atoms with E-state index in [0.717, 1.165) is 5.56 Å². The highest BCUT2D eigenvalue weighted by Gasteiger charge is 2.14. The van der Waals surface area contributed by atoms with Gasteiger partial charge in [0.2, 0.25) is 4.34 Å². The van der Waals surface area contributed by atoms with Gasteiger partial charge in [0.05, 0.1) is 34.4 Å². The Bertz CT molecular complexity index is 882. The van der Waals surface area contributed by atoms with Crippen molar-refractivity contribution < 1.29 is 13.7 Å². The first-order valence-corrected chi connectivity index (χ1v) is 9.55. The molecule has 1 unspecified atom stereocenters. The third kappa shape index (κ3) is 4.31. The van der Waals surface area contributed by atoms with Crippen molar-refractivity contribution >= 4 is 28.1 Å². The number of esters is 1. The maximum atomic E-state index is 12.5. The lowest BCUT2D eigenvalue weighted by atomic mass is 10.2. The number of nitrogens with zero attached hydrogens (tertiary/aromatic N) is 4. The summed E-state index contributed by atoms with van der Waals surface area (Å²) >= 11 is 1.26. The zero-order chi connectivity index (χ0) is 17.6. The minimum atomic E-state index is -1.36. The molecule has 3 heterocycles. The molecule has 3 aromatic heterocycles. The van der Waals surface area contributed by atoms with Crippen LogP contribution in [0.1, 0.15) is 23.0 Å². The third-order valence-corrected chi connectivity index (χ3v) is 5.73. The molecule has 0 saturated heterocycles. The van der Waals surface area contributed by atoms with Crippen molar-refractivity contribution in [3.05, 3.63) is 54.1 Å². The van der Waals surface area contributed by atoms with Crippen LogP contribution in [0.2, 0.25) is 0 Å². The molecule has 7 nitrogen and oxygen atoms in total. The fraction of sp³-hybridized carbons (Fsp3) is 0.188. The Labute approximate surface area is 150 Å². The zero-order valence-corrected chi connectivity index (χ0v) is 14.9. The number of rotatable bonds is 6. The van der Waals surface area contributed by atoms with Crippen molar-refractivity contribution in [2.75, 3.05) is 6.61 Å². The maximum Gasteiger partial charge on any atom is 0.339 e. The van der Waals surface area contributed by atoms with E-state index in [0.29, 0.717) is 27.2 Å². The van der Waals surface area contributed by atoms with E-state index in [9.17, 15) is 9.00 Å². The standard InChI is InChI=1S/C16H14N4O3S2/c1-2-23-15(21)12-5-6-13(18-9-12)10-25(22)16-20-19-14(24-16)11-4-3-7-17-8-11/h3-9H,2,10H2,1H3. The quantitative estimate of drug-likeness (QED) is 0.612. The van der Waals surface area contributed by atoms with Crippen molar-refractivity contribution in [2.45, 2.75) is 17.0 Å². The van der Waals surface area contributed by atoms with Crippen LogP contribution >= 0.6 is 11.3 Å². The summed E-state index contributed by atoms with van der Waals surface area (Å²) in [5.74, 6) is -0.224. The third-order valence-electron chi connectivity index (χ3n) is 3.12. The fourth-order valence-electron chi connectivity index (χ4n) is 1.95. The number of ether oxygens (including phenoxy) is 1. The molecule has 0 fully saturated rings. The van der Waals surface area contributed by atoms with Gasteiger partial charge in [-0.05, 0) is 31.2 Å². The maximum absolute atomic E-state index is 12.5. The minimum Gasteiger partial charge on any atom is -0.462 e. The number of carbonyl (C=O) groups excluding carboxylic acids is 1. The molecule has 0 aliphatic rings. The lowest BCUT2D eigenvalue weighted by Crippen LogP contribution is -2.06. The van der Waals surface area contributed by atoms with Gasteiger partial charge in [0, 0.05) is 24.2 Å². The SMILES string of the molecule is CCOC(=O)c1ccc(CS(=O)c2nnc(-c3cccnc3)s2)nc1. The first-order valence-electron chi connectivity index (χ1n) is 7.41. The molecule has 0 spiro atoms. The van der Waals surface area contributed by atoms with Crippen LogP contribution in [0.4, 0.5) is 0 Å². The van der Waals surface area contributed by atoms with Gasteiger partial charge in [-0.2, -0.15) is 0 Å². The second-order valence-corrected chi connectivity index (χ2v) is 7.47. The van der Waals surface area contributed by atoms with Gasteiger partial charge in [-0.25, -0.2) is 4.79 Å². The Morgan fingerprint density at radius 3 is 2.80 bits per heavy atom. The molecule has 3 rings (SSSR count). The highest BCUT2D eigenvalue weighted by molar-refractivity contribution is 7.86. The van der Waals surface area contributed by atoms with E-state index < -0.39 is 16.8 Å². The van der Waals surface area contributed by atoms with Crippen molar-refractivity contribution in [1.29, 1.82) is 0 Å². The first kappa shape index (κ1) is 17.3. The summed E-state index contributed by atoms with van der Waals surface area (Å²) in [6.45, 7) is 2.05. The number of pyridine rings is 2. The van der Waals surface area contributed by atoms with Gasteiger partial charge in [-0.15, -0.1) is 10.2 Å². The molecule has 0 N–H and O–H groups in total. The molecule has 128 valence electrons. The van der Waals surface area contributed by atoms with Gasteiger partial charge in [-0.1, -0.05) is 11.3 Å². The van der Waals surface area contributed by atoms with Crippen LogP contribution in [0.3, 0.4) is 0 Å². The molecule has 9 heteroatoms.